The lowest BCUT2D eigenvalue weighted by atomic mass is 9.86. The monoisotopic (exact) mass is 519 g/mol. The molecule has 0 bridgehead atoms. The van der Waals surface area contributed by atoms with Crippen LogP contribution in [0, 0.1) is 11.3 Å². The van der Waals surface area contributed by atoms with Gasteiger partial charge in [0.1, 0.15) is 0 Å². The van der Waals surface area contributed by atoms with Crippen molar-refractivity contribution in [2.45, 2.75) is 44.2 Å². The van der Waals surface area contributed by atoms with E-state index in [2.05, 4.69) is 0 Å². The van der Waals surface area contributed by atoms with Crippen molar-refractivity contribution in [3.8, 4) is 0 Å². The van der Waals surface area contributed by atoms with Crippen molar-refractivity contribution in [3.63, 3.8) is 0 Å². The summed E-state index contributed by atoms with van der Waals surface area (Å²) >= 11 is 0. The highest BCUT2D eigenvalue weighted by atomic mass is 32.2. The van der Waals surface area contributed by atoms with Crippen LogP contribution in [0.1, 0.15) is 26.3 Å². The Morgan fingerprint density at radius 3 is 2.19 bits per heavy atom. The maximum atomic E-state index is 13.5. The molecule has 9 nitrogen and oxygen atoms in total. The van der Waals surface area contributed by atoms with Gasteiger partial charge in [-0.05, 0) is 42.2 Å². The van der Waals surface area contributed by atoms with Crippen LogP contribution in [0.15, 0.2) is 59.5 Å². The minimum atomic E-state index is -3.96. The normalized spacial score (nSPS) is 16.9. The number of carbonyl (C=O) groups is 1. The Morgan fingerprint density at radius 1 is 1.08 bits per heavy atom. The van der Waals surface area contributed by atoms with Gasteiger partial charge in [0, 0.05) is 30.7 Å². The van der Waals surface area contributed by atoms with Crippen LogP contribution in [0.4, 0.5) is 10.5 Å². The van der Waals surface area contributed by atoms with Crippen LogP contribution < -0.4 is 5.73 Å². The number of nitrogen functional groups attached to an aromatic ring is 1. The third kappa shape index (κ3) is 6.97. The highest BCUT2D eigenvalue weighted by Gasteiger charge is 2.41. The average molecular weight is 520 g/mol. The molecule has 1 amide bonds. The zero-order valence-electron chi connectivity index (χ0n) is 21.1. The summed E-state index contributed by atoms with van der Waals surface area (Å²) in [4.78, 5) is 13.7. The molecule has 0 saturated carbocycles. The van der Waals surface area contributed by atoms with Gasteiger partial charge in [-0.2, -0.15) is 4.31 Å². The fraction of sp³-hybridized carbons (Fsp3) is 0.500. The Hall–Kier alpha value is -2.66. The van der Waals surface area contributed by atoms with E-state index in [0.29, 0.717) is 18.9 Å². The standard InChI is InChI=1S/C26H37N3O6S/c1-19(2)14-28(36(33,34)22-11-9-21(27)10-12-22)15-24(30)23(13-20-7-5-4-6-8-20)29(25(31)32)16-26(3)17-35-18-26/h4-12,19,23-24,30H,13-18,27H2,1-3H3,(H,31,32)/t23-,24+/m0/s1. The Kier molecular flexibility index (Phi) is 8.99. The van der Waals surface area contributed by atoms with Gasteiger partial charge in [-0.1, -0.05) is 51.1 Å². The molecule has 1 saturated heterocycles. The zero-order chi connectivity index (χ0) is 26.5. The van der Waals surface area contributed by atoms with Crippen LogP contribution in [0.3, 0.4) is 0 Å². The molecule has 1 aliphatic rings. The number of rotatable bonds is 12. The second kappa shape index (κ2) is 11.6. The third-order valence-electron chi connectivity index (χ3n) is 6.31. The molecule has 1 aliphatic heterocycles. The SMILES string of the molecule is CC(C)CN(C[C@@H](O)[C@H](Cc1ccccc1)N(CC1(C)COC1)C(=O)O)S(=O)(=O)c1ccc(N)cc1. The molecule has 3 rings (SSSR count). The first-order valence-corrected chi connectivity index (χ1v) is 13.5. The van der Waals surface area contributed by atoms with Crippen molar-refractivity contribution < 1.29 is 28.2 Å². The summed E-state index contributed by atoms with van der Waals surface area (Å²) in [7, 11) is -3.96. The van der Waals surface area contributed by atoms with Crippen molar-refractivity contribution in [2.75, 3.05) is 38.6 Å². The van der Waals surface area contributed by atoms with Crippen LogP contribution in [-0.2, 0) is 21.2 Å². The number of aliphatic hydroxyl groups excluding tert-OH is 1. The summed E-state index contributed by atoms with van der Waals surface area (Å²) in [6, 6.07) is 14.3. The zero-order valence-corrected chi connectivity index (χ0v) is 21.9. The lowest BCUT2D eigenvalue weighted by Gasteiger charge is -2.44. The Labute approximate surface area is 213 Å². The minimum Gasteiger partial charge on any atom is -0.465 e. The van der Waals surface area contributed by atoms with E-state index in [1.165, 1.54) is 33.5 Å². The number of anilines is 1. The lowest BCUT2D eigenvalue weighted by Crippen LogP contribution is -2.58. The molecule has 36 heavy (non-hydrogen) atoms. The molecule has 0 spiro atoms. The average Bonchev–Trinajstić information content (AvgIpc) is 2.80. The maximum absolute atomic E-state index is 13.5. The topological polar surface area (TPSA) is 133 Å². The minimum absolute atomic E-state index is 0.0186. The number of amides is 1. The summed E-state index contributed by atoms with van der Waals surface area (Å²) in [6.07, 6.45) is -2.20. The predicted molar refractivity (Wildman–Crippen MR) is 138 cm³/mol. The van der Waals surface area contributed by atoms with Gasteiger partial charge < -0.3 is 25.6 Å². The molecule has 0 unspecified atom stereocenters. The van der Waals surface area contributed by atoms with E-state index in [1.54, 1.807) is 0 Å². The third-order valence-corrected chi connectivity index (χ3v) is 8.15. The molecule has 0 aliphatic carbocycles. The molecule has 0 radical (unpaired) electrons. The van der Waals surface area contributed by atoms with E-state index < -0.39 is 28.3 Å². The van der Waals surface area contributed by atoms with Crippen LogP contribution in [0.25, 0.3) is 0 Å². The van der Waals surface area contributed by atoms with Gasteiger partial charge in [-0.25, -0.2) is 13.2 Å². The van der Waals surface area contributed by atoms with Gasteiger partial charge in [-0.3, -0.25) is 0 Å². The Bertz CT molecular complexity index is 1100. The van der Waals surface area contributed by atoms with Gasteiger partial charge >= 0.3 is 6.09 Å². The first-order chi connectivity index (χ1) is 16.9. The highest BCUT2D eigenvalue weighted by molar-refractivity contribution is 7.89. The van der Waals surface area contributed by atoms with E-state index in [9.17, 15) is 23.4 Å². The number of hydrogen-bond acceptors (Lipinski definition) is 6. The first kappa shape index (κ1) is 27.9. The quantitative estimate of drug-likeness (QED) is 0.367. The van der Waals surface area contributed by atoms with E-state index in [1.807, 2.05) is 51.1 Å². The number of carboxylic acid groups (broad SMARTS) is 1. The van der Waals surface area contributed by atoms with E-state index in [-0.39, 0.29) is 42.3 Å². The van der Waals surface area contributed by atoms with Crippen molar-refractivity contribution >= 4 is 21.8 Å². The predicted octanol–water partition coefficient (Wildman–Crippen LogP) is 2.90. The van der Waals surface area contributed by atoms with Gasteiger partial charge in [0.25, 0.3) is 0 Å². The number of aliphatic hydroxyl groups is 1. The summed E-state index contributed by atoms with van der Waals surface area (Å²) in [5, 5.41) is 21.6. The fourth-order valence-electron chi connectivity index (χ4n) is 4.39. The number of sulfonamides is 1. The summed E-state index contributed by atoms with van der Waals surface area (Å²) in [5.41, 5.74) is 6.66. The molecule has 2 aromatic rings. The van der Waals surface area contributed by atoms with E-state index in [4.69, 9.17) is 10.5 Å². The van der Waals surface area contributed by atoms with E-state index in [0.717, 1.165) is 5.56 Å². The van der Waals surface area contributed by atoms with Gasteiger partial charge in [0.05, 0.1) is 30.3 Å². The highest BCUT2D eigenvalue weighted by Crippen LogP contribution is 2.30. The molecule has 0 aromatic heterocycles. The summed E-state index contributed by atoms with van der Waals surface area (Å²) < 4.78 is 33.6. The van der Waals surface area contributed by atoms with Gasteiger partial charge in [0.2, 0.25) is 10.0 Å². The number of nitrogens with zero attached hydrogens (tertiary/aromatic N) is 2. The van der Waals surface area contributed by atoms with Crippen LogP contribution in [0.2, 0.25) is 0 Å². The van der Waals surface area contributed by atoms with Crippen molar-refractivity contribution in [3.05, 3.63) is 60.2 Å². The lowest BCUT2D eigenvalue weighted by molar-refractivity contribution is -0.119. The second-order valence-corrected chi connectivity index (χ2v) is 12.3. The molecule has 198 valence electrons. The summed E-state index contributed by atoms with van der Waals surface area (Å²) in [6.45, 7) is 6.66. The van der Waals surface area contributed by atoms with Crippen LogP contribution >= 0.6 is 0 Å². The van der Waals surface area contributed by atoms with Crippen LogP contribution in [0.5, 0.6) is 0 Å². The smallest absolute Gasteiger partial charge is 0.407 e. The van der Waals surface area contributed by atoms with Crippen molar-refractivity contribution in [2.24, 2.45) is 11.3 Å². The van der Waals surface area contributed by atoms with Crippen LogP contribution in [-0.4, -0.2) is 78.9 Å². The number of nitrogens with two attached hydrogens (primary N) is 1. The number of benzene rings is 2. The molecular formula is C26H37N3O6S. The Balaban J connectivity index is 1.93. The molecule has 2 atom stereocenters. The summed E-state index contributed by atoms with van der Waals surface area (Å²) in [5.74, 6) is -0.0186. The van der Waals surface area contributed by atoms with Gasteiger partial charge in [0.15, 0.2) is 0 Å². The molecule has 1 fully saturated rings. The number of ether oxygens (including phenoxy) is 1. The van der Waals surface area contributed by atoms with Gasteiger partial charge in [-0.15, -0.1) is 0 Å². The molecule has 2 aromatic carbocycles. The molecule has 4 N–H and O–H groups in total. The molecular weight excluding hydrogens is 482 g/mol. The maximum Gasteiger partial charge on any atom is 0.407 e. The largest absolute Gasteiger partial charge is 0.465 e. The Morgan fingerprint density at radius 2 is 1.69 bits per heavy atom. The van der Waals surface area contributed by atoms with Crippen molar-refractivity contribution in [1.82, 2.24) is 9.21 Å². The fourth-order valence-corrected chi connectivity index (χ4v) is 6.01. The van der Waals surface area contributed by atoms with Crippen molar-refractivity contribution in [1.29, 1.82) is 0 Å². The molecule has 1 heterocycles. The second-order valence-electron chi connectivity index (χ2n) is 10.3. The molecule has 10 heteroatoms. The number of hydrogen-bond donors (Lipinski definition) is 3. The first-order valence-electron chi connectivity index (χ1n) is 12.1. The van der Waals surface area contributed by atoms with E-state index >= 15 is 0 Å².